The van der Waals surface area contributed by atoms with E-state index in [0.717, 1.165) is 5.56 Å². The minimum absolute atomic E-state index is 0.00104. The number of hydrogen-bond acceptors (Lipinski definition) is 5. The Kier molecular flexibility index (Phi) is 9.27. The second kappa shape index (κ2) is 12.2. The second-order valence-electron chi connectivity index (χ2n) is 12.0. The van der Waals surface area contributed by atoms with Crippen LogP contribution in [0.5, 0.6) is 0 Å². The number of aliphatic hydroxyl groups is 1. The molecule has 3 unspecified atom stereocenters. The van der Waals surface area contributed by atoms with Crippen LogP contribution < -0.4 is 0 Å². The molecule has 40 heavy (non-hydrogen) atoms. The molecule has 3 saturated heterocycles. The number of alkyl halides is 1. The molecule has 3 fully saturated rings. The van der Waals surface area contributed by atoms with Gasteiger partial charge in [-0.15, -0.1) is 13.2 Å². The lowest BCUT2D eigenvalue weighted by molar-refractivity contribution is -0.151. The molecule has 3 aliphatic heterocycles. The van der Waals surface area contributed by atoms with Gasteiger partial charge in [0.1, 0.15) is 11.6 Å². The standard InChI is InChI=1S/C31H42BrN3O5/c1-6-15-33(20-21-13-9-8-10-14-21)27(37)23-24-28(38)34(17-11-12-18-36)26(31(24)19-22(32)25(23)40-31)29(39)35(16-7-2)30(3,4)5/h6-10,13-14,22-26,36H,1-2,11-12,15-20H2,3-5H3/t22?,23-,24-,25-,26?,31?/m0/s1. The van der Waals surface area contributed by atoms with Crippen LogP contribution in [0.3, 0.4) is 0 Å². The maximum Gasteiger partial charge on any atom is 0.249 e. The summed E-state index contributed by atoms with van der Waals surface area (Å²) in [6, 6.07) is 8.86. The summed E-state index contributed by atoms with van der Waals surface area (Å²) in [5, 5.41) is 9.41. The van der Waals surface area contributed by atoms with E-state index in [1.54, 1.807) is 26.9 Å². The number of aliphatic hydroxyl groups excluding tert-OH is 1. The first-order valence-electron chi connectivity index (χ1n) is 14.1. The SMILES string of the molecule is C=CCN(Cc1ccccc1)C(=O)[C@H]1[C@H]2C(=O)N(CCCCO)C(C(=O)N(CC=C)C(C)(C)C)C23CC(Br)[C@@H]1O3. The lowest BCUT2D eigenvalue weighted by atomic mass is 9.70. The molecule has 3 aliphatic rings. The number of ether oxygens (including phenoxy) is 1. The Morgan fingerprint density at radius 2 is 1.82 bits per heavy atom. The fourth-order valence-electron chi connectivity index (χ4n) is 6.70. The third-order valence-electron chi connectivity index (χ3n) is 8.38. The van der Waals surface area contributed by atoms with Gasteiger partial charge in [-0.05, 0) is 45.6 Å². The molecule has 0 radical (unpaired) electrons. The van der Waals surface area contributed by atoms with E-state index in [-0.39, 0.29) is 29.2 Å². The Hall–Kier alpha value is -2.49. The van der Waals surface area contributed by atoms with Crippen LogP contribution >= 0.6 is 15.9 Å². The average Bonchev–Trinajstić information content (AvgIpc) is 3.50. The number of carbonyl (C=O) groups excluding carboxylic acids is 3. The minimum Gasteiger partial charge on any atom is -0.396 e. The molecule has 8 nitrogen and oxygen atoms in total. The molecule has 1 N–H and O–H groups in total. The van der Waals surface area contributed by atoms with E-state index in [0.29, 0.717) is 45.4 Å². The highest BCUT2D eigenvalue weighted by atomic mass is 79.9. The van der Waals surface area contributed by atoms with Gasteiger partial charge in [-0.2, -0.15) is 0 Å². The van der Waals surface area contributed by atoms with Crippen molar-refractivity contribution in [1.82, 2.24) is 14.7 Å². The molecular formula is C31H42BrN3O5. The molecule has 4 rings (SSSR count). The van der Waals surface area contributed by atoms with Gasteiger partial charge in [-0.3, -0.25) is 14.4 Å². The molecule has 6 atom stereocenters. The summed E-state index contributed by atoms with van der Waals surface area (Å²) in [7, 11) is 0. The lowest BCUT2D eigenvalue weighted by Gasteiger charge is -2.42. The summed E-state index contributed by atoms with van der Waals surface area (Å²) in [4.78, 5) is 47.8. The molecule has 0 aliphatic carbocycles. The molecular weight excluding hydrogens is 574 g/mol. The van der Waals surface area contributed by atoms with E-state index in [1.807, 2.05) is 51.1 Å². The van der Waals surface area contributed by atoms with Gasteiger partial charge in [0.25, 0.3) is 0 Å². The first kappa shape index (κ1) is 30.5. The van der Waals surface area contributed by atoms with Crippen LogP contribution in [-0.2, 0) is 25.7 Å². The molecule has 0 aromatic heterocycles. The highest BCUT2D eigenvalue weighted by Crippen LogP contribution is 2.60. The summed E-state index contributed by atoms with van der Waals surface area (Å²) in [6.07, 6.45) is 4.36. The maximum atomic E-state index is 14.4. The van der Waals surface area contributed by atoms with Gasteiger partial charge < -0.3 is 24.5 Å². The topological polar surface area (TPSA) is 90.4 Å². The Bertz CT molecular complexity index is 1120. The largest absolute Gasteiger partial charge is 0.396 e. The van der Waals surface area contributed by atoms with E-state index in [1.165, 1.54) is 0 Å². The Balaban J connectivity index is 1.75. The van der Waals surface area contributed by atoms with Gasteiger partial charge in [-0.25, -0.2) is 0 Å². The number of carbonyl (C=O) groups is 3. The van der Waals surface area contributed by atoms with Crippen LogP contribution in [0.4, 0.5) is 0 Å². The zero-order valence-corrected chi connectivity index (χ0v) is 25.4. The highest BCUT2D eigenvalue weighted by molar-refractivity contribution is 9.09. The van der Waals surface area contributed by atoms with Crippen LogP contribution in [0.15, 0.2) is 55.6 Å². The smallest absolute Gasteiger partial charge is 0.249 e. The molecule has 9 heteroatoms. The van der Waals surface area contributed by atoms with Gasteiger partial charge >= 0.3 is 0 Å². The van der Waals surface area contributed by atoms with Crippen molar-refractivity contribution in [3.05, 3.63) is 61.2 Å². The molecule has 218 valence electrons. The van der Waals surface area contributed by atoms with E-state index >= 15 is 0 Å². The van der Waals surface area contributed by atoms with Crippen molar-refractivity contribution in [3.8, 4) is 0 Å². The Labute approximate surface area is 246 Å². The molecule has 2 bridgehead atoms. The number of benzene rings is 1. The predicted molar refractivity (Wildman–Crippen MR) is 157 cm³/mol. The number of halogens is 1. The zero-order chi connectivity index (χ0) is 29.2. The van der Waals surface area contributed by atoms with E-state index in [4.69, 9.17) is 4.74 Å². The van der Waals surface area contributed by atoms with Crippen molar-refractivity contribution in [2.45, 2.75) is 74.7 Å². The molecule has 1 spiro atoms. The zero-order valence-electron chi connectivity index (χ0n) is 23.8. The number of hydrogen-bond donors (Lipinski definition) is 1. The average molecular weight is 617 g/mol. The third kappa shape index (κ3) is 5.40. The van der Waals surface area contributed by atoms with Crippen molar-refractivity contribution in [2.75, 3.05) is 26.2 Å². The van der Waals surface area contributed by atoms with E-state index in [2.05, 4.69) is 29.1 Å². The molecule has 1 aromatic carbocycles. The number of likely N-dealkylation sites (tertiary alicyclic amines) is 1. The summed E-state index contributed by atoms with van der Waals surface area (Å²) < 4.78 is 6.68. The van der Waals surface area contributed by atoms with E-state index in [9.17, 15) is 19.5 Å². The number of fused-ring (bicyclic) bond motifs is 1. The van der Waals surface area contributed by atoms with Gasteiger partial charge in [0, 0.05) is 43.2 Å². The maximum absolute atomic E-state index is 14.4. The number of amides is 3. The molecule has 0 saturated carbocycles. The van der Waals surface area contributed by atoms with Gasteiger partial charge in [0.15, 0.2) is 0 Å². The summed E-state index contributed by atoms with van der Waals surface area (Å²) in [6.45, 7) is 14.9. The second-order valence-corrected chi connectivity index (χ2v) is 13.2. The van der Waals surface area contributed by atoms with Crippen LogP contribution in [0.1, 0.15) is 45.6 Å². The van der Waals surface area contributed by atoms with Crippen LogP contribution in [0, 0.1) is 11.8 Å². The first-order chi connectivity index (χ1) is 19.0. The van der Waals surface area contributed by atoms with Crippen molar-refractivity contribution in [2.24, 2.45) is 11.8 Å². The number of rotatable bonds is 12. The van der Waals surface area contributed by atoms with E-state index < -0.39 is 35.1 Å². The number of nitrogens with zero attached hydrogens (tertiary/aromatic N) is 3. The van der Waals surface area contributed by atoms with Gasteiger partial charge in [0.05, 0.1) is 17.9 Å². The lowest BCUT2D eigenvalue weighted by Crippen LogP contribution is -2.60. The van der Waals surface area contributed by atoms with Crippen LogP contribution in [0.25, 0.3) is 0 Å². The summed E-state index contributed by atoms with van der Waals surface area (Å²) in [5.74, 6) is -2.08. The summed E-state index contributed by atoms with van der Waals surface area (Å²) in [5.41, 5.74) is -0.659. The van der Waals surface area contributed by atoms with Crippen molar-refractivity contribution >= 4 is 33.7 Å². The molecule has 1 aromatic rings. The third-order valence-corrected chi connectivity index (χ3v) is 9.23. The Morgan fingerprint density at radius 3 is 2.42 bits per heavy atom. The fourth-order valence-corrected chi connectivity index (χ4v) is 7.64. The minimum atomic E-state index is -1.12. The normalized spacial score (nSPS) is 28.9. The predicted octanol–water partition coefficient (Wildman–Crippen LogP) is 3.53. The quantitative estimate of drug-likeness (QED) is 0.221. The first-order valence-corrected chi connectivity index (χ1v) is 15.0. The van der Waals surface area contributed by atoms with Crippen molar-refractivity contribution in [3.63, 3.8) is 0 Å². The van der Waals surface area contributed by atoms with Gasteiger partial charge in [0.2, 0.25) is 17.7 Å². The number of unbranched alkanes of at least 4 members (excludes halogenated alkanes) is 1. The van der Waals surface area contributed by atoms with Crippen LogP contribution in [-0.4, -0.2) is 91.9 Å². The van der Waals surface area contributed by atoms with Crippen molar-refractivity contribution in [1.29, 1.82) is 0 Å². The van der Waals surface area contributed by atoms with Crippen LogP contribution in [0.2, 0.25) is 0 Å². The van der Waals surface area contributed by atoms with Gasteiger partial charge in [-0.1, -0.05) is 58.4 Å². The Morgan fingerprint density at radius 1 is 1.15 bits per heavy atom. The fraction of sp³-hybridized carbons (Fsp3) is 0.581. The monoisotopic (exact) mass is 615 g/mol. The molecule has 3 heterocycles. The highest BCUT2D eigenvalue weighted by Gasteiger charge is 2.77. The van der Waals surface area contributed by atoms with Crippen molar-refractivity contribution < 1.29 is 24.2 Å². The summed E-state index contributed by atoms with van der Waals surface area (Å²) >= 11 is 3.76. The molecule has 3 amide bonds.